The molecule has 1 fully saturated rings. The maximum absolute atomic E-state index is 6.00. The minimum Gasteiger partial charge on any atom is -0.328 e. The first-order valence-electron chi connectivity index (χ1n) is 5.68. The maximum Gasteiger partial charge on any atom is 0.234 e. The van der Waals surface area contributed by atoms with E-state index in [0.29, 0.717) is 12.0 Å². The lowest BCUT2D eigenvalue weighted by Crippen LogP contribution is -2.26. The van der Waals surface area contributed by atoms with Crippen LogP contribution >= 0.6 is 11.3 Å². The molecule has 1 aliphatic carbocycles. The van der Waals surface area contributed by atoms with Crippen molar-refractivity contribution in [1.82, 2.24) is 19.8 Å². The third-order valence-corrected chi connectivity index (χ3v) is 4.29. The van der Waals surface area contributed by atoms with Crippen LogP contribution in [0.5, 0.6) is 0 Å². The third-order valence-electron chi connectivity index (χ3n) is 3.23. The zero-order chi connectivity index (χ0) is 11.1. The fourth-order valence-electron chi connectivity index (χ4n) is 2.35. The van der Waals surface area contributed by atoms with Crippen LogP contribution in [-0.4, -0.2) is 25.9 Å². The van der Waals surface area contributed by atoms with E-state index in [9.17, 15) is 0 Å². The number of nitrogens with zero attached hydrogens (tertiary/aromatic N) is 4. The topological polar surface area (TPSA) is 69.1 Å². The molecule has 0 spiro atoms. The van der Waals surface area contributed by atoms with E-state index in [2.05, 4.69) is 15.3 Å². The van der Waals surface area contributed by atoms with E-state index in [4.69, 9.17) is 5.73 Å². The highest BCUT2D eigenvalue weighted by atomic mass is 32.1. The Kier molecular flexibility index (Phi) is 2.40. The second-order valence-electron chi connectivity index (χ2n) is 4.51. The molecule has 86 valence electrons. The highest BCUT2D eigenvalue weighted by molar-refractivity contribution is 7.16. The minimum absolute atomic E-state index is 0.342. The first kappa shape index (κ1) is 10.2. The smallest absolute Gasteiger partial charge is 0.234 e. The Bertz CT molecular complexity index is 502. The van der Waals surface area contributed by atoms with Crippen molar-refractivity contribution in [1.29, 1.82) is 0 Å². The number of aryl methyl sites for hydroxylation is 1. The summed E-state index contributed by atoms with van der Waals surface area (Å²) in [6.45, 7) is 1.93. The van der Waals surface area contributed by atoms with Gasteiger partial charge in [0.25, 0.3) is 0 Å². The SMILES string of the molecule is Cc1nnc2sc(C3CCCC(N)C3)nn12. The van der Waals surface area contributed by atoms with Crippen molar-refractivity contribution in [2.75, 3.05) is 0 Å². The van der Waals surface area contributed by atoms with Crippen LogP contribution in [0.25, 0.3) is 4.96 Å². The second-order valence-corrected chi connectivity index (χ2v) is 5.49. The second kappa shape index (κ2) is 3.78. The van der Waals surface area contributed by atoms with Crippen LogP contribution in [0, 0.1) is 6.92 Å². The Morgan fingerprint density at radius 3 is 3.00 bits per heavy atom. The number of hydrogen-bond donors (Lipinski definition) is 1. The molecule has 3 rings (SSSR count). The molecule has 0 bridgehead atoms. The van der Waals surface area contributed by atoms with Crippen molar-refractivity contribution in [3.05, 3.63) is 10.8 Å². The molecule has 0 radical (unpaired) electrons. The molecule has 0 aliphatic heterocycles. The van der Waals surface area contributed by atoms with Crippen molar-refractivity contribution in [3.8, 4) is 0 Å². The van der Waals surface area contributed by atoms with Gasteiger partial charge in [-0.15, -0.1) is 10.2 Å². The molecule has 16 heavy (non-hydrogen) atoms. The van der Waals surface area contributed by atoms with Crippen LogP contribution in [0.3, 0.4) is 0 Å². The summed E-state index contributed by atoms with van der Waals surface area (Å²) in [5.41, 5.74) is 6.00. The van der Waals surface area contributed by atoms with Crippen molar-refractivity contribution < 1.29 is 0 Å². The first-order chi connectivity index (χ1) is 7.74. The molecule has 2 unspecified atom stereocenters. The van der Waals surface area contributed by atoms with Crippen LogP contribution in [0.15, 0.2) is 0 Å². The Labute approximate surface area is 97.7 Å². The summed E-state index contributed by atoms with van der Waals surface area (Å²) in [4.78, 5) is 0.895. The van der Waals surface area contributed by atoms with Gasteiger partial charge in [0.2, 0.25) is 4.96 Å². The Balaban J connectivity index is 1.93. The van der Waals surface area contributed by atoms with Crippen molar-refractivity contribution in [2.24, 2.45) is 5.73 Å². The van der Waals surface area contributed by atoms with Gasteiger partial charge < -0.3 is 5.73 Å². The lowest BCUT2D eigenvalue weighted by Gasteiger charge is -2.24. The van der Waals surface area contributed by atoms with Gasteiger partial charge in [0.1, 0.15) is 5.01 Å². The summed E-state index contributed by atoms with van der Waals surface area (Å²) in [5.74, 6) is 1.38. The molecule has 5 nitrogen and oxygen atoms in total. The van der Waals surface area contributed by atoms with Crippen LogP contribution in [-0.2, 0) is 0 Å². The molecule has 2 atom stereocenters. The average molecular weight is 237 g/mol. The van der Waals surface area contributed by atoms with Gasteiger partial charge in [-0.1, -0.05) is 17.8 Å². The molecule has 2 aromatic rings. The molecular formula is C10H15N5S. The average Bonchev–Trinajstić information content (AvgIpc) is 2.81. The van der Waals surface area contributed by atoms with Crippen molar-refractivity contribution in [3.63, 3.8) is 0 Å². The van der Waals surface area contributed by atoms with E-state index in [0.717, 1.165) is 23.6 Å². The lowest BCUT2D eigenvalue weighted by molar-refractivity contribution is 0.390. The monoisotopic (exact) mass is 237 g/mol. The Morgan fingerprint density at radius 1 is 1.38 bits per heavy atom. The summed E-state index contributed by atoms with van der Waals surface area (Å²) in [6.07, 6.45) is 4.63. The first-order valence-corrected chi connectivity index (χ1v) is 6.50. The van der Waals surface area contributed by atoms with Gasteiger partial charge in [0.15, 0.2) is 5.82 Å². The standard InChI is InChI=1S/C10H15N5S/c1-6-12-13-10-15(6)14-9(16-10)7-3-2-4-8(11)5-7/h7-8H,2-5,11H2,1H3. The number of aromatic nitrogens is 4. The zero-order valence-electron chi connectivity index (χ0n) is 9.26. The molecule has 2 N–H and O–H groups in total. The van der Waals surface area contributed by atoms with Gasteiger partial charge in [0.05, 0.1) is 0 Å². The van der Waals surface area contributed by atoms with Gasteiger partial charge in [-0.3, -0.25) is 0 Å². The summed E-state index contributed by atoms with van der Waals surface area (Å²) in [7, 11) is 0. The summed E-state index contributed by atoms with van der Waals surface area (Å²) < 4.78 is 1.83. The highest BCUT2D eigenvalue weighted by Gasteiger charge is 2.24. The predicted molar refractivity (Wildman–Crippen MR) is 62.6 cm³/mol. The molecular weight excluding hydrogens is 222 g/mol. The molecule has 0 amide bonds. The Morgan fingerprint density at radius 2 is 2.25 bits per heavy atom. The van der Waals surface area contributed by atoms with Gasteiger partial charge in [-0.25, -0.2) is 0 Å². The van der Waals surface area contributed by atoms with E-state index in [1.807, 2.05) is 11.4 Å². The molecule has 0 aromatic carbocycles. The summed E-state index contributed by atoms with van der Waals surface area (Å²) in [6, 6.07) is 0.342. The fraction of sp³-hybridized carbons (Fsp3) is 0.700. The molecule has 6 heteroatoms. The van der Waals surface area contributed by atoms with Gasteiger partial charge >= 0.3 is 0 Å². The molecule has 2 aromatic heterocycles. The van der Waals surface area contributed by atoms with E-state index in [1.54, 1.807) is 11.3 Å². The number of nitrogens with two attached hydrogens (primary N) is 1. The van der Waals surface area contributed by atoms with Gasteiger partial charge in [-0.05, 0) is 26.2 Å². The van der Waals surface area contributed by atoms with Crippen molar-refractivity contribution >= 4 is 16.3 Å². The van der Waals surface area contributed by atoms with Crippen LogP contribution in [0.1, 0.15) is 42.4 Å². The van der Waals surface area contributed by atoms with E-state index in [-0.39, 0.29) is 0 Å². The quantitative estimate of drug-likeness (QED) is 0.815. The third kappa shape index (κ3) is 1.62. The predicted octanol–water partition coefficient (Wildman–Crippen LogP) is 1.48. The van der Waals surface area contributed by atoms with Gasteiger partial charge in [0, 0.05) is 12.0 Å². The molecule has 2 heterocycles. The van der Waals surface area contributed by atoms with E-state index >= 15 is 0 Å². The van der Waals surface area contributed by atoms with E-state index in [1.165, 1.54) is 17.8 Å². The Hall–Kier alpha value is -1.01. The molecule has 1 aliphatic rings. The highest BCUT2D eigenvalue weighted by Crippen LogP contribution is 2.34. The largest absolute Gasteiger partial charge is 0.328 e. The molecule has 1 saturated carbocycles. The number of rotatable bonds is 1. The normalized spacial score (nSPS) is 26.4. The van der Waals surface area contributed by atoms with Crippen LogP contribution in [0.4, 0.5) is 0 Å². The van der Waals surface area contributed by atoms with Gasteiger partial charge in [-0.2, -0.15) is 9.61 Å². The lowest BCUT2D eigenvalue weighted by atomic mass is 9.87. The minimum atomic E-state index is 0.342. The summed E-state index contributed by atoms with van der Waals surface area (Å²) >= 11 is 1.65. The zero-order valence-corrected chi connectivity index (χ0v) is 10.1. The van der Waals surface area contributed by atoms with Crippen LogP contribution in [0.2, 0.25) is 0 Å². The van der Waals surface area contributed by atoms with Crippen LogP contribution < -0.4 is 5.73 Å². The van der Waals surface area contributed by atoms with E-state index < -0.39 is 0 Å². The molecule has 0 saturated heterocycles. The number of fused-ring (bicyclic) bond motifs is 1. The summed E-state index contributed by atoms with van der Waals surface area (Å²) in [5, 5.41) is 13.8. The fourth-order valence-corrected chi connectivity index (χ4v) is 3.38. The maximum atomic E-state index is 6.00. The van der Waals surface area contributed by atoms with Crippen molar-refractivity contribution in [2.45, 2.75) is 44.6 Å². The number of hydrogen-bond acceptors (Lipinski definition) is 5.